The molecule has 0 radical (unpaired) electrons. The molecule has 0 bridgehead atoms. The van der Waals surface area contributed by atoms with Gasteiger partial charge in [-0.2, -0.15) is 0 Å². The average molecular weight is 252 g/mol. The monoisotopic (exact) mass is 251 g/mol. The number of fused-ring (bicyclic) bond motifs is 1. The van der Waals surface area contributed by atoms with Gasteiger partial charge in [0.05, 0.1) is 7.11 Å². The third-order valence-electron chi connectivity index (χ3n) is 2.81. The topological polar surface area (TPSA) is 21.3 Å². The Morgan fingerprint density at radius 2 is 1.88 bits per heavy atom. The summed E-state index contributed by atoms with van der Waals surface area (Å²) < 4.78 is 5.53. The fourth-order valence-electron chi connectivity index (χ4n) is 1.99. The van der Waals surface area contributed by atoms with Gasteiger partial charge in [-0.1, -0.05) is 36.4 Å². The Morgan fingerprint density at radius 3 is 2.59 bits per heavy atom. The number of nitrogens with one attached hydrogen (secondary N) is 1. The summed E-state index contributed by atoms with van der Waals surface area (Å²) in [5.41, 5.74) is 1.26. The van der Waals surface area contributed by atoms with Gasteiger partial charge in [0, 0.05) is 5.39 Å². The van der Waals surface area contributed by atoms with Gasteiger partial charge < -0.3 is 10.1 Å². The molecule has 0 aromatic heterocycles. The van der Waals surface area contributed by atoms with Crippen molar-refractivity contribution in [2.24, 2.45) is 0 Å². The molecule has 3 heteroatoms. The molecule has 0 saturated carbocycles. The van der Waals surface area contributed by atoms with Crippen LogP contribution < -0.4 is 10.1 Å². The van der Waals surface area contributed by atoms with Crippen molar-refractivity contribution >= 4 is 23.2 Å². The second kappa shape index (κ2) is 6.48. The molecule has 17 heavy (non-hydrogen) atoms. The van der Waals surface area contributed by atoms with Crippen molar-refractivity contribution in [3.63, 3.8) is 0 Å². The van der Waals surface area contributed by atoms with E-state index in [0.717, 1.165) is 18.7 Å². The minimum atomic E-state index is 0. The molecule has 92 valence electrons. The van der Waals surface area contributed by atoms with Crippen molar-refractivity contribution in [2.45, 2.75) is 6.42 Å². The summed E-state index contributed by atoms with van der Waals surface area (Å²) in [7, 11) is 3.71. The highest BCUT2D eigenvalue weighted by Crippen LogP contribution is 2.29. The summed E-state index contributed by atoms with van der Waals surface area (Å²) in [4.78, 5) is 0. The van der Waals surface area contributed by atoms with Crippen LogP contribution in [-0.4, -0.2) is 20.7 Å². The van der Waals surface area contributed by atoms with Gasteiger partial charge >= 0.3 is 0 Å². The lowest BCUT2D eigenvalue weighted by Gasteiger charge is -2.11. The molecule has 2 aromatic rings. The zero-order valence-corrected chi connectivity index (χ0v) is 11.0. The molecule has 1 N–H and O–H groups in total. The summed E-state index contributed by atoms with van der Waals surface area (Å²) in [6, 6.07) is 12.6. The van der Waals surface area contributed by atoms with Gasteiger partial charge in [0.15, 0.2) is 0 Å². The Balaban J connectivity index is 0.00000144. The molecule has 2 nitrogen and oxygen atoms in total. The van der Waals surface area contributed by atoms with Gasteiger partial charge in [0.1, 0.15) is 5.75 Å². The first-order valence-corrected chi connectivity index (χ1v) is 5.56. The quantitative estimate of drug-likeness (QED) is 0.902. The maximum absolute atomic E-state index is 5.53. The van der Waals surface area contributed by atoms with E-state index in [4.69, 9.17) is 4.74 Å². The highest BCUT2D eigenvalue weighted by atomic mass is 35.5. The third kappa shape index (κ3) is 2.90. The highest BCUT2D eigenvalue weighted by molar-refractivity contribution is 5.89. The zero-order chi connectivity index (χ0) is 11.4. The predicted molar refractivity (Wildman–Crippen MR) is 75.4 cm³/mol. The van der Waals surface area contributed by atoms with Crippen molar-refractivity contribution < 1.29 is 4.74 Å². The molecule has 2 rings (SSSR count). The summed E-state index contributed by atoms with van der Waals surface area (Å²) in [6.45, 7) is 0.967. The fraction of sp³-hybridized carbons (Fsp3) is 0.286. The first kappa shape index (κ1) is 13.8. The molecule has 0 heterocycles. The number of benzene rings is 2. The molecule has 0 unspecified atom stereocenters. The Labute approximate surface area is 108 Å². The van der Waals surface area contributed by atoms with Crippen molar-refractivity contribution in [2.75, 3.05) is 20.7 Å². The number of rotatable bonds is 4. The second-order valence-electron chi connectivity index (χ2n) is 3.83. The van der Waals surface area contributed by atoms with Crippen LogP contribution in [-0.2, 0) is 6.42 Å². The fourth-order valence-corrected chi connectivity index (χ4v) is 1.99. The summed E-state index contributed by atoms with van der Waals surface area (Å²) >= 11 is 0. The summed E-state index contributed by atoms with van der Waals surface area (Å²) in [5, 5.41) is 5.58. The zero-order valence-electron chi connectivity index (χ0n) is 10.2. The Bertz CT molecular complexity index is 485. The SMILES string of the molecule is CNCCc1ccc2ccccc2c1OC.Cl. The predicted octanol–water partition coefficient (Wildman–Crippen LogP) is 3.03. The van der Waals surface area contributed by atoms with Crippen LogP contribution >= 0.6 is 12.4 Å². The van der Waals surface area contributed by atoms with E-state index in [1.807, 2.05) is 13.1 Å². The highest BCUT2D eigenvalue weighted by Gasteiger charge is 2.06. The largest absolute Gasteiger partial charge is 0.496 e. The molecule has 0 aliphatic rings. The van der Waals surface area contributed by atoms with Crippen LogP contribution in [0, 0.1) is 0 Å². The van der Waals surface area contributed by atoms with E-state index in [1.165, 1.54) is 16.3 Å². The van der Waals surface area contributed by atoms with Crippen molar-refractivity contribution in [1.82, 2.24) is 5.32 Å². The lowest BCUT2D eigenvalue weighted by atomic mass is 10.0. The molecule has 0 spiro atoms. The maximum Gasteiger partial charge on any atom is 0.129 e. The average Bonchev–Trinajstić information content (AvgIpc) is 2.35. The Kier molecular flexibility index (Phi) is 5.26. The van der Waals surface area contributed by atoms with Gasteiger partial charge in [0.25, 0.3) is 0 Å². The van der Waals surface area contributed by atoms with Crippen LogP contribution in [0.2, 0.25) is 0 Å². The van der Waals surface area contributed by atoms with Crippen LogP contribution in [0.1, 0.15) is 5.56 Å². The standard InChI is InChI=1S/C14H17NO.ClH/c1-15-10-9-12-8-7-11-5-3-4-6-13(11)14(12)16-2;/h3-8,15H,9-10H2,1-2H3;1H. The molecular weight excluding hydrogens is 234 g/mol. The van der Waals surface area contributed by atoms with E-state index < -0.39 is 0 Å². The third-order valence-corrected chi connectivity index (χ3v) is 2.81. The number of methoxy groups -OCH3 is 1. The van der Waals surface area contributed by atoms with Crippen LogP contribution in [0.15, 0.2) is 36.4 Å². The molecule has 0 aliphatic heterocycles. The van der Waals surface area contributed by atoms with E-state index in [1.54, 1.807) is 7.11 Å². The van der Waals surface area contributed by atoms with Gasteiger partial charge in [-0.3, -0.25) is 0 Å². The Morgan fingerprint density at radius 1 is 1.12 bits per heavy atom. The number of likely N-dealkylation sites (N-methyl/N-ethyl adjacent to an activating group) is 1. The molecule has 0 amide bonds. The molecule has 0 fully saturated rings. The molecule has 0 atom stereocenters. The first-order valence-electron chi connectivity index (χ1n) is 5.56. The van der Waals surface area contributed by atoms with E-state index in [-0.39, 0.29) is 12.4 Å². The molecule has 0 saturated heterocycles. The first-order chi connectivity index (χ1) is 7.86. The van der Waals surface area contributed by atoms with Crippen LogP contribution in [0.25, 0.3) is 10.8 Å². The van der Waals surface area contributed by atoms with Gasteiger partial charge in [-0.15, -0.1) is 12.4 Å². The lowest BCUT2D eigenvalue weighted by Crippen LogP contribution is -2.10. The van der Waals surface area contributed by atoms with Crippen molar-refractivity contribution in [3.8, 4) is 5.75 Å². The smallest absolute Gasteiger partial charge is 0.129 e. The van der Waals surface area contributed by atoms with Gasteiger partial charge in [-0.25, -0.2) is 0 Å². The molecular formula is C14H18ClNO. The van der Waals surface area contributed by atoms with Crippen LogP contribution in [0.5, 0.6) is 5.75 Å². The van der Waals surface area contributed by atoms with Crippen molar-refractivity contribution in [1.29, 1.82) is 0 Å². The van der Waals surface area contributed by atoms with E-state index in [2.05, 4.69) is 35.6 Å². The maximum atomic E-state index is 5.53. The number of hydrogen-bond donors (Lipinski definition) is 1. The van der Waals surface area contributed by atoms with E-state index in [9.17, 15) is 0 Å². The minimum Gasteiger partial charge on any atom is -0.496 e. The Hall–Kier alpha value is -1.25. The molecule has 2 aromatic carbocycles. The number of halogens is 1. The van der Waals surface area contributed by atoms with E-state index in [0.29, 0.717) is 0 Å². The summed E-state index contributed by atoms with van der Waals surface area (Å²) in [6.07, 6.45) is 0.991. The molecule has 0 aliphatic carbocycles. The van der Waals surface area contributed by atoms with E-state index >= 15 is 0 Å². The van der Waals surface area contributed by atoms with Gasteiger partial charge in [-0.05, 0) is 31.0 Å². The minimum absolute atomic E-state index is 0. The number of ether oxygens (including phenoxy) is 1. The van der Waals surface area contributed by atoms with Crippen LogP contribution in [0.4, 0.5) is 0 Å². The van der Waals surface area contributed by atoms with Gasteiger partial charge in [0.2, 0.25) is 0 Å². The normalized spacial score (nSPS) is 10.0. The second-order valence-corrected chi connectivity index (χ2v) is 3.83. The van der Waals surface area contributed by atoms with Crippen LogP contribution in [0.3, 0.4) is 0 Å². The number of hydrogen-bond acceptors (Lipinski definition) is 2. The van der Waals surface area contributed by atoms with Crippen molar-refractivity contribution in [3.05, 3.63) is 42.0 Å². The summed E-state index contributed by atoms with van der Waals surface area (Å²) in [5.74, 6) is 1.01. The lowest BCUT2D eigenvalue weighted by molar-refractivity contribution is 0.414.